The molecule has 1 atom stereocenters. The van der Waals surface area contributed by atoms with E-state index >= 15 is 0 Å². The molecule has 0 bridgehead atoms. The van der Waals surface area contributed by atoms with E-state index in [1.807, 2.05) is 13.0 Å². The van der Waals surface area contributed by atoms with Crippen LogP contribution in [0.3, 0.4) is 0 Å². The highest BCUT2D eigenvalue weighted by Crippen LogP contribution is 1.84. The minimum Gasteiger partial charge on any atom is -0.381 e. The Hall–Kier alpha value is -0.590. The van der Waals surface area contributed by atoms with Gasteiger partial charge < -0.3 is 5.11 Å². The average Bonchev–Trinajstić information content (AvgIpc) is 1.83. The molecule has 0 aliphatic carbocycles. The van der Waals surface area contributed by atoms with Gasteiger partial charge in [0, 0.05) is 0 Å². The van der Waals surface area contributed by atoms with Gasteiger partial charge in [0.05, 0.1) is 18.8 Å². The smallest absolute Gasteiger partial charge is 0.0967 e. The SMILES string of the molecule is CC[C@@H](C#N)NCO. The Morgan fingerprint density at radius 2 is 2.50 bits per heavy atom. The van der Waals surface area contributed by atoms with Crippen molar-refractivity contribution < 1.29 is 5.11 Å². The van der Waals surface area contributed by atoms with Gasteiger partial charge in [0.25, 0.3) is 0 Å². The maximum Gasteiger partial charge on any atom is 0.0967 e. The van der Waals surface area contributed by atoms with Crippen LogP contribution in [0.4, 0.5) is 0 Å². The van der Waals surface area contributed by atoms with E-state index in [1.54, 1.807) is 0 Å². The highest BCUT2D eigenvalue weighted by Gasteiger charge is 1.98. The Labute approximate surface area is 48.9 Å². The largest absolute Gasteiger partial charge is 0.381 e. The summed E-state index contributed by atoms with van der Waals surface area (Å²) in [5.41, 5.74) is 0. The maximum atomic E-state index is 8.24. The quantitative estimate of drug-likeness (QED) is 0.501. The van der Waals surface area contributed by atoms with Crippen LogP contribution in [-0.4, -0.2) is 17.9 Å². The van der Waals surface area contributed by atoms with E-state index in [0.29, 0.717) is 0 Å². The molecule has 0 aliphatic rings. The van der Waals surface area contributed by atoms with E-state index in [1.165, 1.54) is 0 Å². The zero-order valence-electron chi connectivity index (χ0n) is 4.89. The second kappa shape index (κ2) is 4.57. The number of rotatable bonds is 3. The Kier molecular flexibility index (Phi) is 4.23. The first-order chi connectivity index (χ1) is 3.85. The third-order valence-electron chi connectivity index (χ3n) is 0.902. The highest BCUT2D eigenvalue weighted by atomic mass is 16.3. The van der Waals surface area contributed by atoms with Crippen molar-refractivity contribution in [2.45, 2.75) is 19.4 Å². The molecule has 0 aromatic carbocycles. The van der Waals surface area contributed by atoms with Gasteiger partial charge in [0.1, 0.15) is 0 Å². The van der Waals surface area contributed by atoms with E-state index in [2.05, 4.69) is 5.32 Å². The summed E-state index contributed by atoms with van der Waals surface area (Å²) < 4.78 is 0. The van der Waals surface area contributed by atoms with Crippen molar-refractivity contribution >= 4 is 0 Å². The number of aliphatic hydroxyl groups is 1. The summed E-state index contributed by atoms with van der Waals surface area (Å²) in [6.07, 6.45) is 0.733. The van der Waals surface area contributed by atoms with Crippen molar-refractivity contribution in [3.63, 3.8) is 0 Å². The molecule has 0 amide bonds. The fourth-order valence-electron chi connectivity index (χ4n) is 0.391. The van der Waals surface area contributed by atoms with Crippen LogP contribution >= 0.6 is 0 Å². The summed E-state index contributed by atoms with van der Waals surface area (Å²) in [4.78, 5) is 0. The second-order valence-electron chi connectivity index (χ2n) is 1.45. The summed E-state index contributed by atoms with van der Waals surface area (Å²) in [6.45, 7) is 1.77. The molecular weight excluding hydrogens is 104 g/mol. The average molecular weight is 114 g/mol. The van der Waals surface area contributed by atoms with Gasteiger partial charge in [0.15, 0.2) is 0 Å². The predicted molar refractivity (Wildman–Crippen MR) is 29.9 cm³/mol. The van der Waals surface area contributed by atoms with Gasteiger partial charge in [-0.2, -0.15) is 5.26 Å². The summed E-state index contributed by atoms with van der Waals surface area (Å²) in [7, 11) is 0. The van der Waals surface area contributed by atoms with Crippen molar-refractivity contribution in [3.8, 4) is 6.07 Å². The number of nitrogens with zero attached hydrogens (tertiary/aromatic N) is 1. The summed E-state index contributed by atoms with van der Waals surface area (Å²) in [5, 5.41) is 19.0. The molecule has 0 aromatic rings. The standard InChI is InChI=1S/C5H10N2O/c1-2-5(3-6)7-4-8/h5,7-8H,2,4H2,1H3/t5-/m0/s1. The Morgan fingerprint density at radius 1 is 1.88 bits per heavy atom. The van der Waals surface area contributed by atoms with Crippen LogP contribution in [0.1, 0.15) is 13.3 Å². The van der Waals surface area contributed by atoms with E-state index < -0.39 is 0 Å². The van der Waals surface area contributed by atoms with E-state index in [0.717, 1.165) is 6.42 Å². The van der Waals surface area contributed by atoms with Gasteiger partial charge >= 0.3 is 0 Å². The Bertz CT molecular complexity index is 86.9. The second-order valence-corrected chi connectivity index (χ2v) is 1.45. The van der Waals surface area contributed by atoms with Crippen molar-refractivity contribution in [2.24, 2.45) is 0 Å². The van der Waals surface area contributed by atoms with Crippen molar-refractivity contribution in [1.29, 1.82) is 5.26 Å². The molecule has 0 aliphatic heterocycles. The molecule has 3 nitrogen and oxygen atoms in total. The van der Waals surface area contributed by atoms with Crippen LogP contribution in [-0.2, 0) is 0 Å². The summed E-state index contributed by atoms with van der Waals surface area (Å²) in [6, 6.07) is 1.79. The lowest BCUT2D eigenvalue weighted by Gasteiger charge is -2.02. The maximum absolute atomic E-state index is 8.24. The molecule has 8 heavy (non-hydrogen) atoms. The van der Waals surface area contributed by atoms with Gasteiger partial charge in [-0.3, -0.25) is 5.32 Å². The third-order valence-corrected chi connectivity index (χ3v) is 0.902. The van der Waals surface area contributed by atoms with Crippen LogP contribution in [0.25, 0.3) is 0 Å². The third kappa shape index (κ3) is 2.56. The topological polar surface area (TPSA) is 56.0 Å². The summed E-state index contributed by atoms with van der Waals surface area (Å²) >= 11 is 0. The van der Waals surface area contributed by atoms with Gasteiger partial charge in [-0.25, -0.2) is 0 Å². The lowest BCUT2D eigenvalue weighted by atomic mass is 10.3. The van der Waals surface area contributed by atoms with E-state index in [4.69, 9.17) is 10.4 Å². The molecule has 0 saturated carbocycles. The number of hydrogen-bond acceptors (Lipinski definition) is 3. The first-order valence-electron chi connectivity index (χ1n) is 2.59. The number of aliphatic hydroxyl groups excluding tert-OH is 1. The highest BCUT2D eigenvalue weighted by molar-refractivity contribution is 4.87. The first-order valence-corrected chi connectivity index (χ1v) is 2.59. The molecule has 0 spiro atoms. The molecule has 0 fully saturated rings. The molecule has 3 heteroatoms. The monoisotopic (exact) mass is 114 g/mol. The molecule has 0 aromatic heterocycles. The number of nitriles is 1. The molecule has 46 valence electrons. The van der Waals surface area contributed by atoms with Crippen molar-refractivity contribution in [1.82, 2.24) is 5.32 Å². The van der Waals surface area contributed by atoms with Crippen LogP contribution in [0.2, 0.25) is 0 Å². The zero-order valence-corrected chi connectivity index (χ0v) is 4.89. The van der Waals surface area contributed by atoms with Crippen molar-refractivity contribution in [2.75, 3.05) is 6.73 Å². The molecule has 0 radical (unpaired) electrons. The lowest BCUT2D eigenvalue weighted by molar-refractivity contribution is 0.250. The van der Waals surface area contributed by atoms with Gasteiger partial charge in [-0.1, -0.05) is 6.92 Å². The minimum atomic E-state index is -0.194. The molecule has 0 unspecified atom stereocenters. The van der Waals surface area contributed by atoms with Crippen molar-refractivity contribution in [3.05, 3.63) is 0 Å². The lowest BCUT2D eigenvalue weighted by Crippen LogP contribution is -2.27. The number of hydrogen-bond donors (Lipinski definition) is 2. The van der Waals surface area contributed by atoms with Gasteiger partial charge in [0.2, 0.25) is 0 Å². The predicted octanol–water partition coefficient (Wildman–Crippen LogP) is -0.172. The van der Waals surface area contributed by atoms with Gasteiger partial charge in [-0.15, -0.1) is 0 Å². The zero-order chi connectivity index (χ0) is 6.41. The normalized spacial score (nSPS) is 12.6. The summed E-state index contributed by atoms with van der Waals surface area (Å²) in [5.74, 6) is 0. The van der Waals surface area contributed by atoms with Crippen LogP contribution in [0, 0.1) is 11.3 Å². The fourth-order valence-corrected chi connectivity index (χ4v) is 0.391. The first kappa shape index (κ1) is 7.41. The van der Waals surface area contributed by atoms with Crippen LogP contribution in [0.15, 0.2) is 0 Å². The van der Waals surface area contributed by atoms with Crippen LogP contribution < -0.4 is 5.32 Å². The van der Waals surface area contributed by atoms with Crippen LogP contribution in [0.5, 0.6) is 0 Å². The molecular formula is C5H10N2O. The molecule has 0 saturated heterocycles. The fraction of sp³-hybridized carbons (Fsp3) is 0.800. The number of nitrogens with one attached hydrogen (secondary N) is 1. The van der Waals surface area contributed by atoms with E-state index in [-0.39, 0.29) is 12.8 Å². The van der Waals surface area contributed by atoms with E-state index in [9.17, 15) is 0 Å². The minimum absolute atomic E-state index is 0.119. The van der Waals surface area contributed by atoms with Gasteiger partial charge in [-0.05, 0) is 6.42 Å². The Balaban J connectivity index is 3.26. The molecule has 0 rings (SSSR count). The molecule has 2 N–H and O–H groups in total. The molecule has 0 heterocycles. The Morgan fingerprint density at radius 3 is 2.62 bits per heavy atom.